The molecule has 0 aromatic heterocycles. The molecule has 1 aliphatic heterocycles. The van der Waals surface area contributed by atoms with Crippen LogP contribution in [0.5, 0.6) is 0 Å². The van der Waals surface area contributed by atoms with Gasteiger partial charge in [0, 0.05) is 18.6 Å². The van der Waals surface area contributed by atoms with E-state index in [4.69, 9.17) is 4.74 Å². The van der Waals surface area contributed by atoms with E-state index in [1.54, 1.807) is 18.9 Å². The SMILES string of the molecule is CCC1(C)NC(=O)CN(C2CC(OC)C2(C)C)C1=O. The first-order chi connectivity index (χ1) is 8.76. The van der Waals surface area contributed by atoms with Crippen LogP contribution in [0.1, 0.15) is 40.5 Å². The van der Waals surface area contributed by atoms with Gasteiger partial charge in [-0.25, -0.2) is 0 Å². The lowest BCUT2D eigenvalue weighted by molar-refractivity contribution is -0.175. The summed E-state index contributed by atoms with van der Waals surface area (Å²) < 4.78 is 5.42. The summed E-state index contributed by atoms with van der Waals surface area (Å²) in [5, 5.41) is 2.82. The van der Waals surface area contributed by atoms with Crippen LogP contribution in [0.2, 0.25) is 0 Å². The first-order valence-corrected chi connectivity index (χ1v) is 6.91. The van der Waals surface area contributed by atoms with Crippen molar-refractivity contribution < 1.29 is 14.3 Å². The highest BCUT2D eigenvalue weighted by molar-refractivity contribution is 5.98. The number of carbonyl (C=O) groups is 2. The average Bonchev–Trinajstić information content (AvgIpc) is 2.34. The lowest BCUT2D eigenvalue weighted by atomic mass is 9.63. The topological polar surface area (TPSA) is 58.6 Å². The van der Waals surface area contributed by atoms with E-state index >= 15 is 0 Å². The third kappa shape index (κ3) is 2.04. The minimum atomic E-state index is -0.760. The van der Waals surface area contributed by atoms with E-state index in [2.05, 4.69) is 19.2 Å². The highest BCUT2D eigenvalue weighted by atomic mass is 16.5. The van der Waals surface area contributed by atoms with Gasteiger partial charge in [0.1, 0.15) is 5.54 Å². The van der Waals surface area contributed by atoms with Gasteiger partial charge in [0.05, 0.1) is 12.6 Å². The van der Waals surface area contributed by atoms with Crippen molar-refractivity contribution in [2.24, 2.45) is 5.41 Å². The molecule has 0 aromatic carbocycles. The second-order valence-corrected chi connectivity index (χ2v) is 6.46. The van der Waals surface area contributed by atoms with Crippen molar-refractivity contribution in [2.75, 3.05) is 13.7 Å². The highest BCUT2D eigenvalue weighted by Gasteiger charge is 2.56. The van der Waals surface area contributed by atoms with Crippen LogP contribution in [0.3, 0.4) is 0 Å². The van der Waals surface area contributed by atoms with Gasteiger partial charge in [0.25, 0.3) is 0 Å². The molecule has 2 fully saturated rings. The van der Waals surface area contributed by atoms with Gasteiger partial charge in [-0.3, -0.25) is 9.59 Å². The Morgan fingerprint density at radius 2 is 2.00 bits per heavy atom. The number of amides is 2. The van der Waals surface area contributed by atoms with Crippen LogP contribution in [0.4, 0.5) is 0 Å². The van der Waals surface area contributed by atoms with Gasteiger partial charge in [-0.15, -0.1) is 0 Å². The van der Waals surface area contributed by atoms with Crippen molar-refractivity contribution >= 4 is 11.8 Å². The van der Waals surface area contributed by atoms with Gasteiger partial charge in [0.15, 0.2) is 0 Å². The summed E-state index contributed by atoms with van der Waals surface area (Å²) in [6.07, 6.45) is 1.57. The van der Waals surface area contributed by atoms with E-state index < -0.39 is 5.54 Å². The molecule has 2 rings (SSSR count). The van der Waals surface area contributed by atoms with E-state index in [0.717, 1.165) is 6.42 Å². The lowest BCUT2D eigenvalue weighted by Crippen LogP contribution is -2.72. The number of ether oxygens (including phenoxy) is 1. The van der Waals surface area contributed by atoms with E-state index in [1.807, 2.05) is 6.92 Å². The Morgan fingerprint density at radius 3 is 2.47 bits per heavy atom. The van der Waals surface area contributed by atoms with Gasteiger partial charge in [-0.05, 0) is 19.8 Å². The van der Waals surface area contributed by atoms with Crippen LogP contribution in [0.25, 0.3) is 0 Å². The zero-order valence-corrected chi connectivity index (χ0v) is 12.4. The number of rotatable bonds is 3. The minimum absolute atomic E-state index is 0.0298. The Morgan fingerprint density at radius 1 is 1.37 bits per heavy atom. The van der Waals surface area contributed by atoms with Crippen LogP contribution in [0.15, 0.2) is 0 Å². The Balaban J connectivity index is 2.21. The molecule has 0 bridgehead atoms. The Labute approximate surface area is 114 Å². The second-order valence-electron chi connectivity index (χ2n) is 6.46. The van der Waals surface area contributed by atoms with Crippen molar-refractivity contribution in [3.63, 3.8) is 0 Å². The molecule has 2 amide bonds. The summed E-state index contributed by atoms with van der Waals surface area (Å²) in [4.78, 5) is 26.2. The third-order valence-electron chi connectivity index (χ3n) is 4.96. The number of methoxy groups -OCH3 is 1. The maximum atomic E-state index is 12.6. The maximum Gasteiger partial charge on any atom is 0.248 e. The second kappa shape index (κ2) is 4.47. The van der Waals surface area contributed by atoms with E-state index in [-0.39, 0.29) is 35.9 Å². The molecule has 3 atom stereocenters. The molecule has 1 aliphatic carbocycles. The summed E-state index contributed by atoms with van der Waals surface area (Å²) in [5.74, 6) is -0.0390. The molecule has 5 nitrogen and oxygen atoms in total. The molecule has 108 valence electrons. The number of hydrogen-bond donors (Lipinski definition) is 1. The number of hydrogen-bond acceptors (Lipinski definition) is 3. The number of carbonyl (C=O) groups excluding carboxylic acids is 2. The average molecular weight is 268 g/mol. The van der Waals surface area contributed by atoms with Gasteiger partial charge in [-0.1, -0.05) is 20.8 Å². The third-order valence-corrected chi connectivity index (χ3v) is 4.96. The fraction of sp³-hybridized carbons (Fsp3) is 0.857. The monoisotopic (exact) mass is 268 g/mol. The maximum absolute atomic E-state index is 12.6. The molecule has 3 unspecified atom stereocenters. The quantitative estimate of drug-likeness (QED) is 0.828. The normalized spacial score (nSPS) is 37.8. The first-order valence-electron chi connectivity index (χ1n) is 6.91. The molecule has 0 spiro atoms. The molecule has 0 radical (unpaired) electrons. The van der Waals surface area contributed by atoms with Gasteiger partial charge in [-0.2, -0.15) is 0 Å². The predicted octanol–water partition coefficient (Wildman–Crippen LogP) is 0.927. The molecule has 19 heavy (non-hydrogen) atoms. The lowest BCUT2D eigenvalue weighted by Gasteiger charge is -2.57. The minimum Gasteiger partial charge on any atom is -0.381 e. The van der Waals surface area contributed by atoms with Crippen LogP contribution in [-0.2, 0) is 14.3 Å². The van der Waals surface area contributed by atoms with E-state index in [9.17, 15) is 9.59 Å². The van der Waals surface area contributed by atoms with E-state index in [0.29, 0.717) is 6.42 Å². The van der Waals surface area contributed by atoms with Crippen molar-refractivity contribution in [1.82, 2.24) is 10.2 Å². The zero-order chi connectivity index (χ0) is 14.4. The Hall–Kier alpha value is -1.10. The Bertz CT molecular complexity index is 407. The molecule has 1 N–H and O–H groups in total. The molecular weight excluding hydrogens is 244 g/mol. The number of piperazine rings is 1. The van der Waals surface area contributed by atoms with Crippen molar-refractivity contribution in [3.05, 3.63) is 0 Å². The van der Waals surface area contributed by atoms with Gasteiger partial charge in [0.2, 0.25) is 11.8 Å². The van der Waals surface area contributed by atoms with Gasteiger partial charge >= 0.3 is 0 Å². The summed E-state index contributed by atoms with van der Waals surface area (Å²) >= 11 is 0. The van der Waals surface area contributed by atoms with Crippen molar-refractivity contribution in [2.45, 2.75) is 58.2 Å². The number of nitrogens with one attached hydrogen (secondary N) is 1. The van der Waals surface area contributed by atoms with Crippen molar-refractivity contribution in [1.29, 1.82) is 0 Å². The molecular formula is C14H24N2O3. The summed E-state index contributed by atoms with van der Waals surface area (Å²) in [6, 6.07) is 0.0851. The summed E-state index contributed by atoms with van der Waals surface area (Å²) in [6.45, 7) is 8.08. The molecule has 1 saturated heterocycles. The van der Waals surface area contributed by atoms with Crippen LogP contribution < -0.4 is 5.32 Å². The molecule has 1 saturated carbocycles. The standard InChI is InChI=1S/C14H24N2O3/c1-6-14(4)12(18)16(8-11(17)15-14)9-7-10(19-5)13(9,2)3/h9-10H,6-8H2,1-5H3,(H,15,17). The molecule has 1 heterocycles. The molecule has 5 heteroatoms. The largest absolute Gasteiger partial charge is 0.381 e. The van der Waals surface area contributed by atoms with Crippen molar-refractivity contribution in [3.8, 4) is 0 Å². The van der Waals surface area contributed by atoms with E-state index in [1.165, 1.54) is 0 Å². The van der Waals surface area contributed by atoms with Crippen LogP contribution in [-0.4, -0.2) is 48.1 Å². The van der Waals surface area contributed by atoms with Crippen LogP contribution in [0, 0.1) is 5.41 Å². The smallest absolute Gasteiger partial charge is 0.248 e. The summed E-state index contributed by atoms with van der Waals surface area (Å²) in [5.41, 5.74) is -0.861. The fourth-order valence-corrected chi connectivity index (χ4v) is 3.23. The first kappa shape index (κ1) is 14.3. The molecule has 0 aromatic rings. The Kier molecular flexibility index (Phi) is 3.37. The van der Waals surface area contributed by atoms with Gasteiger partial charge < -0.3 is 15.0 Å². The predicted molar refractivity (Wildman–Crippen MR) is 71.5 cm³/mol. The zero-order valence-electron chi connectivity index (χ0n) is 12.4. The molecule has 2 aliphatic rings. The fourth-order valence-electron chi connectivity index (χ4n) is 3.23. The van der Waals surface area contributed by atoms with Crippen LogP contribution >= 0.6 is 0 Å². The highest BCUT2D eigenvalue weighted by Crippen LogP contribution is 2.46. The summed E-state index contributed by atoms with van der Waals surface area (Å²) in [7, 11) is 1.70. The number of nitrogens with zero attached hydrogens (tertiary/aromatic N) is 1.